The Morgan fingerprint density at radius 3 is 2.75 bits per heavy atom. The maximum atomic E-state index is 12.5. The standard InChI is InChI=1S/C15H16ClN5O2S/c1-4-17-14(23)13-9(3)24-15-18-10(6-12(22)21(13)15)7-20-8(2)5-11(16)19-20/h5-6H,4,7H2,1-3H3,(H,17,23). The summed E-state index contributed by atoms with van der Waals surface area (Å²) < 4.78 is 3.04. The van der Waals surface area contributed by atoms with Crippen LogP contribution in [0.15, 0.2) is 16.9 Å². The minimum absolute atomic E-state index is 0.271. The van der Waals surface area contributed by atoms with Crippen LogP contribution in [0.1, 0.15) is 33.7 Å². The molecule has 1 amide bonds. The number of carbonyl (C=O) groups is 1. The number of aromatic nitrogens is 4. The van der Waals surface area contributed by atoms with Crippen LogP contribution in [0, 0.1) is 13.8 Å². The number of nitrogens with one attached hydrogen (secondary N) is 1. The largest absolute Gasteiger partial charge is 0.351 e. The summed E-state index contributed by atoms with van der Waals surface area (Å²) in [6.45, 7) is 6.36. The Morgan fingerprint density at radius 2 is 2.12 bits per heavy atom. The molecule has 0 atom stereocenters. The third kappa shape index (κ3) is 2.94. The Kier molecular flexibility index (Phi) is 4.42. The second-order valence-corrected chi connectivity index (χ2v) is 6.90. The van der Waals surface area contributed by atoms with Crippen molar-refractivity contribution in [3.63, 3.8) is 0 Å². The normalized spacial score (nSPS) is 11.2. The van der Waals surface area contributed by atoms with E-state index in [1.54, 1.807) is 17.7 Å². The molecule has 0 aliphatic rings. The fourth-order valence-electron chi connectivity index (χ4n) is 2.49. The predicted molar refractivity (Wildman–Crippen MR) is 93.2 cm³/mol. The highest BCUT2D eigenvalue weighted by Gasteiger charge is 2.19. The first-order valence-electron chi connectivity index (χ1n) is 7.41. The molecule has 0 aliphatic heterocycles. The zero-order valence-corrected chi connectivity index (χ0v) is 15.0. The van der Waals surface area contributed by atoms with Gasteiger partial charge in [0.05, 0.1) is 12.2 Å². The van der Waals surface area contributed by atoms with Crippen LogP contribution >= 0.6 is 22.9 Å². The Hall–Kier alpha value is -2.19. The summed E-state index contributed by atoms with van der Waals surface area (Å²) in [4.78, 5) is 30.5. The van der Waals surface area contributed by atoms with Crippen LogP contribution in [0.25, 0.3) is 4.96 Å². The number of fused-ring (bicyclic) bond motifs is 1. The minimum Gasteiger partial charge on any atom is -0.351 e. The molecule has 9 heteroatoms. The molecule has 0 saturated heterocycles. The molecule has 0 unspecified atom stereocenters. The number of nitrogens with zero attached hydrogens (tertiary/aromatic N) is 4. The van der Waals surface area contributed by atoms with Gasteiger partial charge in [-0.3, -0.25) is 14.3 Å². The van der Waals surface area contributed by atoms with Gasteiger partial charge in [0.25, 0.3) is 11.5 Å². The lowest BCUT2D eigenvalue weighted by Crippen LogP contribution is -2.28. The average molecular weight is 366 g/mol. The summed E-state index contributed by atoms with van der Waals surface area (Å²) in [7, 11) is 0. The van der Waals surface area contributed by atoms with Crippen LogP contribution in [0.4, 0.5) is 0 Å². The lowest BCUT2D eigenvalue weighted by Gasteiger charge is -2.05. The summed E-state index contributed by atoms with van der Waals surface area (Å²) in [5.74, 6) is -0.271. The molecule has 0 bridgehead atoms. The number of rotatable bonds is 4. The predicted octanol–water partition coefficient (Wildman–Crippen LogP) is 2.02. The van der Waals surface area contributed by atoms with Gasteiger partial charge in [-0.15, -0.1) is 11.3 Å². The summed E-state index contributed by atoms with van der Waals surface area (Å²) in [5.41, 5.74) is 1.52. The van der Waals surface area contributed by atoms with Crippen molar-refractivity contribution < 1.29 is 4.79 Å². The number of hydrogen-bond donors (Lipinski definition) is 1. The quantitative estimate of drug-likeness (QED) is 0.767. The fraction of sp³-hybridized carbons (Fsp3) is 0.333. The lowest BCUT2D eigenvalue weighted by atomic mass is 10.3. The zero-order valence-electron chi connectivity index (χ0n) is 13.5. The van der Waals surface area contributed by atoms with Crippen LogP contribution in [0.3, 0.4) is 0 Å². The van der Waals surface area contributed by atoms with Gasteiger partial charge in [-0.1, -0.05) is 11.6 Å². The topological polar surface area (TPSA) is 81.3 Å². The number of thiazole rings is 1. The van der Waals surface area contributed by atoms with E-state index in [2.05, 4.69) is 15.4 Å². The van der Waals surface area contributed by atoms with E-state index >= 15 is 0 Å². The molecular weight excluding hydrogens is 350 g/mol. The van der Waals surface area contributed by atoms with Crippen molar-refractivity contribution >= 4 is 33.8 Å². The molecule has 0 saturated carbocycles. The SMILES string of the molecule is CCNC(=O)c1c(C)sc2nc(Cn3nc(Cl)cc3C)cc(=O)n12. The van der Waals surface area contributed by atoms with E-state index in [4.69, 9.17) is 11.6 Å². The van der Waals surface area contributed by atoms with E-state index in [0.29, 0.717) is 34.6 Å². The summed E-state index contributed by atoms with van der Waals surface area (Å²) in [6.07, 6.45) is 0. The molecule has 126 valence electrons. The zero-order chi connectivity index (χ0) is 17.4. The van der Waals surface area contributed by atoms with Crippen LogP contribution in [0.2, 0.25) is 5.15 Å². The Labute approximate surface area is 146 Å². The smallest absolute Gasteiger partial charge is 0.269 e. The van der Waals surface area contributed by atoms with Gasteiger partial charge in [0.15, 0.2) is 10.1 Å². The van der Waals surface area contributed by atoms with Crippen molar-refractivity contribution in [3.05, 3.63) is 49.6 Å². The Bertz CT molecular complexity index is 988. The molecule has 0 aromatic carbocycles. The van der Waals surface area contributed by atoms with Gasteiger partial charge < -0.3 is 5.32 Å². The summed E-state index contributed by atoms with van der Waals surface area (Å²) in [5, 5.41) is 7.29. The molecule has 3 aromatic heterocycles. The van der Waals surface area contributed by atoms with Crippen molar-refractivity contribution in [2.24, 2.45) is 0 Å². The van der Waals surface area contributed by atoms with Gasteiger partial charge in [0, 0.05) is 23.2 Å². The van der Waals surface area contributed by atoms with Crippen molar-refractivity contribution in [2.75, 3.05) is 6.54 Å². The highest BCUT2D eigenvalue weighted by molar-refractivity contribution is 7.17. The third-order valence-corrected chi connectivity index (χ3v) is 4.70. The van der Waals surface area contributed by atoms with Gasteiger partial charge in [-0.05, 0) is 26.8 Å². The van der Waals surface area contributed by atoms with Crippen LogP contribution in [0.5, 0.6) is 0 Å². The van der Waals surface area contributed by atoms with Crippen LogP contribution in [-0.2, 0) is 6.54 Å². The number of amides is 1. The molecular formula is C15H16ClN5O2S. The molecule has 0 radical (unpaired) electrons. The van der Waals surface area contributed by atoms with Gasteiger partial charge in [-0.25, -0.2) is 9.38 Å². The van der Waals surface area contributed by atoms with Crippen molar-refractivity contribution in [1.82, 2.24) is 24.5 Å². The van der Waals surface area contributed by atoms with Crippen molar-refractivity contribution in [1.29, 1.82) is 0 Å². The first-order valence-corrected chi connectivity index (χ1v) is 8.60. The first-order chi connectivity index (χ1) is 11.4. The monoisotopic (exact) mass is 365 g/mol. The number of carbonyl (C=O) groups excluding carboxylic acids is 1. The van der Waals surface area contributed by atoms with E-state index in [-0.39, 0.29) is 11.5 Å². The number of halogens is 1. The summed E-state index contributed by atoms with van der Waals surface area (Å²) in [6, 6.07) is 3.17. The van der Waals surface area contributed by atoms with Gasteiger partial charge in [-0.2, -0.15) is 5.10 Å². The first kappa shape index (κ1) is 16.7. The fourth-order valence-corrected chi connectivity index (χ4v) is 3.73. The van der Waals surface area contributed by atoms with E-state index in [1.165, 1.54) is 21.8 Å². The molecule has 0 fully saturated rings. The molecule has 7 nitrogen and oxygen atoms in total. The molecule has 3 rings (SSSR count). The second-order valence-electron chi connectivity index (χ2n) is 5.34. The lowest BCUT2D eigenvalue weighted by molar-refractivity contribution is 0.0949. The third-order valence-electron chi connectivity index (χ3n) is 3.56. The van der Waals surface area contributed by atoms with E-state index in [1.807, 2.05) is 13.8 Å². The van der Waals surface area contributed by atoms with Gasteiger partial charge in [0.2, 0.25) is 0 Å². The van der Waals surface area contributed by atoms with Gasteiger partial charge in [0.1, 0.15) is 5.69 Å². The van der Waals surface area contributed by atoms with Gasteiger partial charge >= 0.3 is 0 Å². The number of aryl methyl sites for hydroxylation is 2. The summed E-state index contributed by atoms with van der Waals surface area (Å²) >= 11 is 7.20. The van der Waals surface area contributed by atoms with Crippen molar-refractivity contribution in [2.45, 2.75) is 27.3 Å². The van der Waals surface area contributed by atoms with Crippen LogP contribution < -0.4 is 10.9 Å². The highest BCUT2D eigenvalue weighted by atomic mass is 35.5. The van der Waals surface area contributed by atoms with Crippen LogP contribution in [-0.4, -0.2) is 31.6 Å². The van der Waals surface area contributed by atoms with E-state index in [9.17, 15) is 9.59 Å². The van der Waals surface area contributed by atoms with E-state index in [0.717, 1.165) is 10.6 Å². The highest BCUT2D eigenvalue weighted by Crippen LogP contribution is 2.20. The van der Waals surface area contributed by atoms with Crippen molar-refractivity contribution in [3.8, 4) is 0 Å². The maximum absolute atomic E-state index is 12.5. The number of hydrogen-bond acceptors (Lipinski definition) is 5. The molecule has 1 N–H and O–H groups in total. The maximum Gasteiger partial charge on any atom is 0.269 e. The molecule has 24 heavy (non-hydrogen) atoms. The minimum atomic E-state index is -0.281. The molecule has 0 aliphatic carbocycles. The Balaban J connectivity index is 2.07. The molecule has 3 heterocycles. The Morgan fingerprint density at radius 1 is 1.38 bits per heavy atom. The second kappa shape index (κ2) is 6.37. The van der Waals surface area contributed by atoms with E-state index < -0.39 is 0 Å². The molecule has 0 spiro atoms. The molecule has 3 aromatic rings. The average Bonchev–Trinajstić information content (AvgIpc) is 2.98.